The standard InChI is InChI=1S/C56H91IO11SSi/c1-14-34(2)29-50-54(62-11)51(49(66-50)33-48-37(5)35(3)30-41(64-48)22-24-45-36(4)31-40(63-45)19-18-28-58)55(69(60,61)43-20-16-15-17-21-43)44(59)32-42-23-25-46-52(65-42)38(6)39(7)53(67-46)47(26-27-57)68-70(12,13)56(8,9)10/h15-17,20-21,26-27,34-35,38-42,44-55,58-59H,4-5,14,18-19,22-25,28-33H2,1-3,6-13H3/b27-26+/t34-,35-,38-,39+,40+,41?,42?,44?,45+,46?,47+,48-,49+,50-,51+,52?,53-,54+,55?/m1/s1. The van der Waals surface area contributed by atoms with Gasteiger partial charge in [0.2, 0.25) is 0 Å². The van der Waals surface area contributed by atoms with Crippen LogP contribution >= 0.6 is 22.6 Å². The van der Waals surface area contributed by atoms with Gasteiger partial charge in [0, 0.05) is 32.5 Å². The summed E-state index contributed by atoms with van der Waals surface area (Å²) in [7, 11) is -4.65. The average Bonchev–Trinajstić information content (AvgIpc) is 3.84. The molecule has 1 aromatic rings. The summed E-state index contributed by atoms with van der Waals surface area (Å²) in [5.74, 6) is -0.0130. The molecular formula is C56H91IO11SSi. The molecule has 0 bridgehead atoms. The van der Waals surface area contributed by atoms with Crippen LogP contribution in [0.15, 0.2) is 69.7 Å². The van der Waals surface area contributed by atoms with Crippen LogP contribution in [0.1, 0.15) is 132 Å². The average molecular weight is 1130 g/mol. The fourth-order valence-corrected chi connectivity index (χ4v) is 15.7. The quantitative estimate of drug-likeness (QED) is 0.0652. The second-order valence-electron chi connectivity index (χ2n) is 23.4. The Bertz CT molecular complexity index is 1980. The number of ether oxygens (including phenoxy) is 6. The molecule has 11 nitrogen and oxygen atoms in total. The van der Waals surface area contributed by atoms with E-state index in [0.29, 0.717) is 31.6 Å². The highest BCUT2D eigenvalue weighted by Gasteiger charge is 2.57. The van der Waals surface area contributed by atoms with Crippen molar-refractivity contribution in [1.29, 1.82) is 0 Å². The summed E-state index contributed by atoms with van der Waals surface area (Å²) in [6, 6.07) is 8.55. The van der Waals surface area contributed by atoms with Gasteiger partial charge in [0.05, 0.1) is 89.5 Å². The van der Waals surface area contributed by atoms with E-state index in [1.54, 1.807) is 31.4 Å². The highest BCUT2D eigenvalue weighted by molar-refractivity contribution is 14.1. The third kappa shape index (κ3) is 13.7. The SMILES string of the molecule is C=C1C[C@H](CCCO)O[C@H]1CCC1C[C@@H](C)C(=C)[C@@H](C[C@@H]2O[C@H](C[C@H](C)CC)[C@H](OC)[C@H]2C(C(O)CC2CCC3O[C@@H]([C@H](/C=C/I)O[Si](C)(C)C(C)(C)C)[C@@H](C)[C@@H](C)C3O2)S(=O)(=O)c2ccccc2)O1. The van der Waals surface area contributed by atoms with E-state index in [2.05, 4.69) is 110 Å². The molecule has 0 amide bonds. The van der Waals surface area contributed by atoms with E-state index < -0.39 is 59.8 Å². The second-order valence-corrected chi connectivity index (χ2v) is 31.0. The number of rotatable bonds is 22. The zero-order valence-corrected chi connectivity index (χ0v) is 48.4. The summed E-state index contributed by atoms with van der Waals surface area (Å²) in [5, 5.41) is 21.0. The molecule has 1 aromatic carbocycles. The first-order valence-electron chi connectivity index (χ1n) is 26.7. The predicted octanol–water partition coefficient (Wildman–Crippen LogP) is 11.3. The smallest absolute Gasteiger partial charge is 0.193 e. The van der Waals surface area contributed by atoms with E-state index in [4.69, 9.17) is 32.8 Å². The molecule has 398 valence electrons. The van der Waals surface area contributed by atoms with Gasteiger partial charge in [0.15, 0.2) is 18.2 Å². The van der Waals surface area contributed by atoms with Crippen molar-refractivity contribution in [2.75, 3.05) is 13.7 Å². The number of hydrogen-bond donors (Lipinski definition) is 2. The number of halogens is 1. The topological polar surface area (TPSA) is 139 Å². The Morgan fingerprint density at radius 3 is 2.26 bits per heavy atom. The van der Waals surface area contributed by atoms with E-state index in [1.165, 1.54) is 0 Å². The molecule has 5 saturated heterocycles. The van der Waals surface area contributed by atoms with Gasteiger partial charge < -0.3 is 43.1 Å². The van der Waals surface area contributed by atoms with Crippen molar-refractivity contribution in [2.45, 2.75) is 240 Å². The molecule has 19 atom stereocenters. The molecule has 14 heteroatoms. The fourth-order valence-electron chi connectivity index (χ4n) is 11.9. The maximum atomic E-state index is 15.4. The predicted molar refractivity (Wildman–Crippen MR) is 289 cm³/mol. The second kappa shape index (κ2) is 25.2. The monoisotopic (exact) mass is 1130 g/mol. The fraction of sp³-hybridized carbons (Fsp3) is 0.786. The third-order valence-electron chi connectivity index (χ3n) is 17.5. The van der Waals surface area contributed by atoms with E-state index >= 15 is 8.42 Å². The van der Waals surface area contributed by atoms with Gasteiger partial charge in [-0.1, -0.05) is 116 Å². The summed E-state index contributed by atoms with van der Waals surface area (Å²) < 4.78 is 80.6. The van der Waals surface area contributed by atoms with E-state index in [-0.39, 0.29) is 89.5 Å². The largest absolute Gasteiger partial charge is 0.408 e. The van der Waals surface area contributed by atoms with Gasteiger partial charge in [0.1, 0.15) is 0 Å². The Morgan fingerprint density at radius 1 is 0.914 bits per heavy atom. The summed E-state index contributed by atoms with van der Waals surface area (Å²) in [5.41, 5.74) is 2.07. The minimum Gasteiger partial charge on any atom is -0.408 e. The first-order chi connectivity index (χ1) is 33.0. The van der Waals surface area contributed by atoms with Crippen LogP contribution in [0.4, 0.5) is 0 Å². The first-order valence-corrected chi connectivity index (χ1v) is 32.4. The molecule has 5 heterocycles. The molecule has 6 rings (SSSR count). The first kappa shape index (κ1) is 58.2. The number of hydrogen-bond acceptors (Lipinski definition) is 11. The molecule has 5 aliphatic rings. The van der Waals surface area contributed by atoms with Crippen LogP contribution in [-0.2, 0) is 42.7 Å². The lowest BCUT2D eigenvalue weighted by Crippen LogP contribution is -2.59. The molecule has 2 N–H and O–H groups in total. The van der Waals surface area contributed by atoms with E-state index in [0.717, 1.165) is 56.1 Å². The van der Waals surface area contributed by atoms with Gasteiger partial charge in [0.25, 0.3) is 0 Å². The lowest BCUT2D eigenvalue weighted by atomic mass is 9.77. The van der Waals surface area contributed by atoms with Crippen LogP contribution in [0.2, 0.25) is 18.1 Å². The lowest BCUT2D eigenvalue weighted by molar-refractivity contribution is -0.240. The zero-order valence-electron chi connectivity index (χ0n) is 44.5. The van der Waals surface area contributed by atoms with Crippen LogP contribution in [0.25, 0.3) is 0 Å². The number of methoxy groups -OCH3 is 1. The van der Waals surface area contributed by atoms with Crippen molar-refractivity contribution < 1.29 is 51.5 Å². The summed E-state index contributed by atoms with van der Waals surface area (Å²) >= 11 is 2.27. The van der Waals surface area contributed by atoms with Crippen LogP contribution < -0.4 is 0 Å². The Labute approximate surface area is 437 Å². The third-order valence-corrected chi connectivity index (χ3v) is 24.7. The minimum atomic E-state index is -4.18. The van der Waals surface area contributed by atoms with Crippen molar-refractivity contribution in [3.05, 3.63) is 64.8 Å². The van der Waals surface area contributed by atoms with Gasteiger partial charge in [-0.25, -0.2) is 8.42 Å². The molecule has 5 aliphatic heterocycles. The van der Waals surface area contributed by atoms with Crippen LogP contribution in [0.5, 0.6) is 0 Å². The molecule has 5 fully saturated rings. The maximum Gasteiger partial charge on any atom is 0.193 e. The summed E-state index contributed by atoms with van der Waals surface area (Å²) in [6.45, 7) is 31.4. The molecule has 0 aliphatic carbocycles. The minimum absolute atomic E-state index is 0.0426. The summed E-state index contributed by atoms with van der Waals surface area (Å²) in [6.07, 6.45) is 5.96. The molecule has 0 aromatic heterocycles. The molecule has 6 unspecified atom stereocenters. The highest BCUT2D eigenvalue weighted by atomic mass is 127. The highest BCUT2D eigenvalue weighted by Crippen LogP contribution is 2.47. The van der Waals surface area contributed by atoms with Crippen LogP contribution in [-0.4, -0.2) is 125 Å². The number of aliphatic hydroxyl groups is 2. The number of sulfone groups is 1. The van der Waals surface area contributed by atoms with E-state index in [9.17, 15) is 10.2 Å². The van der Waals surface area contributed by atoms with Crippen molar-refractivity contribution >= 4 is 40.7 Å². The van der Waals surface area contributed by atoms with Crippen molar-refractivity contribution in [3.63, 3.8) is 0 Å². The molecule has 0 radical (unpaired) electrons. The summed E-state index contributed by atoms with van der Waals surface area (Å²) in [4.78, 5) is 0.160. The van der Waals surface area contributed by atoms with Gasteiger partial charge in [-0.2, -0.15) is 0 Å². The molecular weight excluding hydrogens is 1040 g/mol. The van der Waals surface area contributed by atoms with Gasteiger partial charge in [-0.3, -0.25) is 0 Å². The zero-order chi connectivity index (χ0) is 51.3. The van der Waals surface area contributed by atoms with Crippen LogP contribution in [0, 0.1) is 29.6 Å². The lowest BCUT2D eigenvalue weighted by Gasteiger charge is -2.51. The van der Waals surface area contributed by atoms with E-state index in [1.807, 2.05) is 10.1 Å². The van der Waals surface area contributed by atoms with Crippen LogP contribution in [0.3, 0.4) is 0 Å². The number of benzene rings is 1. The molecule has 70 heavy (non-hydrogen) atoms. The van der Waals surface area contributed by atoms with Crippen molar-refractivity contribution in [2.24, 2.45) is 29.6 Å². The Hall–Kier alpha value is -1.02. The van der Waals surface area contributed by atoms with Crippen molar-refractivity contribution in [1.82, 2.24) is 0 Å². The van der Waals surface area contributed by atoms with Crippen molar-refractivity contribution in [3.8, 4) is 0 Å². The molecule has 0 spiro atoms. The maximum absolute atomic E-state index is 15.4. The Kier molecular flexibility index (Phi) is 21.0. The Balaban J connectivity index is 1.25. The number of fused-ring (bicyclic) bond motifs is 1. The normalized spacial score (nSPS) is 36.3. The number of aliphatic hydroxyl groups excluding tert-OH is 2. The van der Waals surface area contributed by atoms with Gasteiger partial charge >= 0.3 is 0 Å². The van der Waals surface area contributed by atoms with Gasteiger partial charge in [-0.15, -0.1) is 0 Å². The van der Waals surface area contributed by atoms with Gasteiger partial charge in [-0.05, 0) is 133 Å². The Morgan fingerprint density at radius 2 is 1.61 bits per heavy atom. The molecule has 0 saturated carbocycles.